The van der Waals surface area contributed by atoms with Crippen LogP contribution in [0.15, 0.2) is 36.9 Å². The van der Waals surface area contributed by atoms with Gasteiger partial charge in [-0.2, -0.15) is 0 Å². The molecule has 0 spiro atoms. The number of rotatable bonds is 3. The molecule has 1 unspecified atom stereocenters. The van der Waals surface area contributed by atoms with Gasteiger partial charge in [-0.05, 0) is 36.6 Å². The van der Waals surface area contributed by atoms with E-state index in [-0.39, 0.29) is 11.9 Å². The van der Waals surface area contributed by atoms with E-state index in [0.29, 0.717) is 10.6 Å². The van der Waals surface area contributed by atoms with E-state index < -0.39 is 0 Å². The minimum Gasteiger partial charge on any atom is -0.399 e. The van der Waals surface area contributed by atoms with Crippen LogP contribution < -0.4 is 11.1 Å². The van der Waals surface area contributed by atoms with Crippen LogP contribution in [0.2, 0.25) is 0 Å². The first-order valence-electron chi connectivity index (χ1n) is 5.32. The average Bonchev–Trinajstić information content (AvgIpc) is 2.71. The lowest BCUT2D eigenvalue weighted by Gasteiger charge is -2.06. The van der Waals surface area contributed by atoms with Crippen molar-refractivity contribution in [2.75, 3.05) is 5.73 Å². The number of nitrogens with one attached hydrogen (secondary N) is 1. The number of fused-ring (bicyclic) bond motifs is 1. The van der Waals surface area contributed by atoms with Gasteiger partial charge < -0.3 is 11.1 Å². The minimum atomic E-state index is -0.0721. The molecule has 1 aromatic heterocycles. The lowest BCUT2D eigenvalue weighted by molar-refractivity contribution is 0.0951. The summed E-state index contributed by atoms with van der Waals surface area (Å²) in [4.78, 5) is 12.6. The number of thiophene rings is 1. The number of hydrogen-bond acceptors (Lipinski definition) is 3. The maximum atomic E-state index is 11.9. The van der Waals surface area contributed by atoms with Crippen LogP contribution in [-0.4, -0.2) is 11.9 Å². The van der Waals surface area contributed by atoms with Crippen LogP contribution in [0.25, 0.3) is 10.1 Å². The van der Waals surface area contributed by atoms with Gasteiger partial charge in [0.25, 0.3) is 5.91 Å². The Bertz CT molecular complexity index is 574. The summed E-state index contributed by atoms with van der Waals surface area (Å²) in [6.07, 6.45) is 1.70. The van der Waals surface area contributed by atoms with E-state index in [1.54, 1.807) is 6.08 Å². The van der Waals surface area contributed by atoms with Crippen molar-refractivity contribution in [1.82, 2.24) is 5.32 Å². The number of hydrogen-bond donors (Lipinski definition) is 2. The molecule has 1 atom stereocenters. The molecule has 3 nitrogen and oxygen atoms in total. The molecule has 0 saturated carbocycles. The Balaban J connectivity index is 2.30. The van der Waals surface area contributed by atoms with E-state index in [9.17, 15) is 4.79 Å². The van der Waals surface area contributed by atoms with Crippen molar-refractivity contribution in [1.29, 1.82) is 0 Å². The molecule has 3 N–H and O–H groups in total. The summed E-state index contributed by atoms with van der Waals surface area (Å²) in [5, 5.41) is 3.85. The summed E-state index contributed by atoms with van der Waals surface area (Å²) >= 11 is 1.46. The van der Waals surface area contributed by atoms with Gasteiger partial charge in [0.05, 0.1) is 4.88 Å². The van der Waals surface area contributed by atoms with E-state index in [0.717, 1.165) is 10.1 Å². The predicted molar refractivity (Wildman–Crippen MR) is 73.4 cm³/mol. The molecule has 1 heterocycles. The van der Waals surface area contributed by atoms with Gasteiger partial charge in [-0.25, -0.2) is 0 Å². The maximum Gasteiger partial charge on any atom is 0.261 e. The molecule has 4 heteroatoms. The largest absolute Gasteiger partial charge is 0.399 e. The maximum absolute atomic E-state index is 11.9. The van der Waals surface area contributed by atoms with Crippen LogP contribution >= 0.6 is 11.3 Å². The number of nitrogen functional groups attached to an aromatic ring is 1. The number of nitrogens with two attached hydrogens (primary N) is 1. The van der Waals surface area contributed by atoms with Gasteiger partial charge in [0.1, 0.15) is 0 Å². The highest BCUT2D eigenvalue weighted by Gasteiger charge is 2.11. The Kier molecular flexibility index (Phi) is 3.15. The van der Waals surface area contributed by atoms with Crippen LogP contribution in [0.4, 0.5) is 5.69 Å². The highest BCUT2D eigenvalue weighted by atomic mass is 32.1. The molecule has 0 aliphatic heterocycles. The number of anilines is 1. The second kappa shape index (κ2) is 4.59. The average molecular weight is 246 g/mol. The summed E-state index contributed by atoms with van der Waals surface area (Å²) in [5.41, 5.74) is 6.41. The Labute approximate surface area is 104 Å². The predicted octanol–water partition coefficient (Wildman–Crippen LogP) is 2.79. The molecular formula is C13H14N2OS. The summed E-state index contributed by atoms with van der Waals surface area (Å²) in [5.74, 6) is -0.0721. The van der Waals surface area contributed by atoms with E-state index in [1.807, 2.05) is 31.2 Å². The summed E-state index contributed by atoms with van der Waals surface area (Å²) < 4.78 is 1.07. The van der Waals surface area contributed by atoms with Crippen LogP contribution in [0.5, 0.6) is 0 Å². The zero-order valence-electron chi connectivity index (χ0n) is 9.57. The van der Waals surface area contributed by atoms with E-state index in [1.165, 1.54) is 11.3 Å². The first kappa shape index (κ1) is 11.7. The molecule has 0 aliphatic carbocycles. The van der Waals surface area contributed by atoms with Gasteiger partial charge in [0.2, 0.25) is 0 Å². The summed E-state index contributed by atoms with van der Waals surface area (Å²) in [6, 6.07) is 7.48. The van der Waals surface area contributed by atoms with E-state index in [4.69, 9.17) is 5.73 Å². The van der Waals surface area contributed by atoms with Crippen LogP contribution in [-0.2, 0) is 0 Å². The van der Waals surface area contributed by atoms with Gasteiger partial charge in [-0.1, -0.05) is 6.08 Å². The lowest BCUT2D eigenvalue weighted by atomic mass is 10.2. The summed E-state index contributed by atoms with van der Waals surface area (Å²) in [7, 11) is 0. The normalized spacial score (nSPS) is 12.3. The fourth-order valence-corrected chi connectivity index (χ4v) is 2.46. The minimum absolute atomic E-state index is 0.0298. The first-order valence-corrected chi connectivity index (χ1v) is 6.14. The second-order valence-electron chi connectivity index (χ2n) is 3.91. The number of benzene rings is 1. The zero-order chi connectivity index (χ0) is 12.4. The molecular weight excluding hydrogens is 232 g/mol. The molecule has 0 radical (unpaired) electrons. The quantitative estimate of drug-likeness (QED) is 0.646. The molecule has 0 fully saturated rings. The van der Waals surface area contributed by atoms with Crippen molar-refractivity contribution in [3.05, 3.63) is 41.8 Å². The van der Waals surface area contributed by atoms with Gasteiger partial charge in [0, 0.05) is 16.4 Å². The smallest absolute Gasteiger partial charge is 0.261 e. The third-order valence-electron chi connectivity index (χ3n) is 2.48. The first-order chi connectivity index (χ1) is 8.10. The standard InChI is InChI=1S/C13H14N2OS/c1-3-8(2)15-13(16)12-7-9-6-10(14)4-5-11(9)17-12/h3-8H,1,14H2,2H3,(H,15,16). The Morgan fingerprint density at radius 2 is 2.29 bits per heavy atom. The monoisotopic (exact) mass is 246 g/mol. The topological polar surface area (TPSA) is 55.1 Å². The highest BCUT2D eigenvalue weighted by molar-refractivity contribution is 7.20. The molecule has 17 heavy (non-hydrogen) atoms. The third-order valence-corrected chi connectivity index (χ3v) is 3.59. The molecule has 2 rings (SSSR count). The van der Waals surface area contributed by atoms with Crippen LogP contribution in [0, 0.1) is 0 Å². The highest BCUT2D eigenvalue weighted by Crippen LogP contribution is 2.27. The van der Waals surface area contributed by atoms with Crippen molar-refractivity contribution < 1.29 is 4.79 Å². The van der Waals surface area contributed by atoms with Crippen molar-refractivity contribution >= 4 is 33.0 Å². The fourth-order valence-electron chi connectivity index (χ4n) is 1.51. The number of carbonyl (C=O) groups is 1. The van der Waals surface area contributed by atoms with Gasteiger partial charge in [-0.3, -0.25) is 4.79 Å². The molecule has 1 amide bonds. The van der Waals surface area contributed by atoms with Gasteiger partial charge in [-0.15, -0.1) is 17.9 Å². The summed E-state index contributed by atoms with van der Waals surface area (Å²) in [6.45, 7) is 5.52. The number of amides is 1. The van der Waals surface area contributed by atoms with Crippen LogP contribution in [0.1, 0.15) is 16.6 Å². The molecule has 2 aromatic rings. The second-order valence-corrected chi connectivity index (χ2v) is 4.99. The molecule has 88 valence electrons. The molecule has 1 aromatic carbocycles. The van der Waals surface area contributed by atoms with E-state index in [2.05, 4.69) is 11.9 Å². The van der Waals surface area contributed by atoms with Gasteiger partial charge in [0.15, 0.2) is 0 Å². The van der Waals surface area contributed by atoms with Gasteiger partial charge >= 0.3 is 0 Å². The molecule has 0 saturated heterocycles. The van der Waals surface area contributed by atoms with Crippen LogP contribution in [0.3, 0.4) is 0 Å². The number of carbonyl (C=O) groups excluding carboxylic acids is 1. The van der Waals surface area contributed by atoms with Crippen molar-refractivity contribution in [2.24, 2.45) is 0 Å². The van der Waals surface area contributed by atoms with Crippen molar-refractivity contribution in [3.8, 4) is 0 Å². The SMILES string of the molecule is C=CC(C)NC(=O)c1cc2cc(N)ccc2s1. The van der Waals surface area contributed by atoms with Crippen molar-refractivity contribution in [3.63, 3.8) is 0 Å². The Morgan fingerprint density at radius 3 is 3.00 bits per heavy atom. The Hall–Kier alpha value is -1.81. The van der Waals surface area contributed by atoms with E-state index >= 15 is 0 Å². The fraction of sp³-hybridized carbons (Fsp3) is 0.154. The lowest BCUT2D eigenvalue weighted by Crippen LogP contribution is -2.30. The Morgan fingerprint density at radius 1 is 1.53 bits per heavy atom. The zero-order valence-corrected chi connectivity index (χ0v) is 10.4. The molecule has 0 aliphatic rings. The molecule has 0 bridgehead atoms. The van der Waals surface area contributed by atoms with Crippen molar-refractivity contribution in [2.45, 2.75) is 13.0 Å². The third kappa shape index (κ3) is 2.47.